The predicted octanol–water partition coefficient (Wildman–Crippen LogP) is 5.78. The quantitative estimate of drug-likeness (QED) is 0.415. The van der Waals surface area contributed by atoms with Crippen LogP contribution in [0.15, 0.2) is 68.6 Å². The van der Waals surface area contributed by atoms with Crippen LogP contribution in [0.1, 0.15) is 16.1 Å². The number of hydrazone groups is 1. The van der Waals surface area contributed by atoms with Gasteiger partial charge in [0.2, 0.25) is 0 Å². The number of amides is 1. The SMILES string of the molecule is O=C(NN=Cc1ccc(-c2ccc(Br)cc2)o1)c1ccc(Cl)c(Cl)c1. The van der Waals surface area contributed by atoms with Crippen molar-refractivity contribution in [1.29, 1.82) is 0 Å². The second kappa shape index (κ2) is 7.87. The van der Waals surface area contributed by atoms with E-state index in [4.69, 9.17) is 27.6 Å². The average molecular weight is 438 g/mol. The molecule has 0 spiro atoms. The number of hydrogen-bond donors (Lipinski definition) is 1. The molecule has 25 heavy (non-hydrogen) atoms. The van der Waals surface area contributed by atoms with Crippen LogP contribution in [-0.2, 0) is 0 Å². The third kappa shape index (κ3) is 4.51. The Bertz CT molecular complexity index is 937. The summed E-state index contributed by atoms with van der Waals surface area (Å²) in [6.45, 7) is 0. The van der Waals surface area contributed by atoms with Crippen molar-refractivity contribution in [3.8, 4) is 11.3 Å². The first-order valence-electron chi connectivity index (χ1n) is 7.17. The van der Waals surface area contributed by atoms with Crippen molar-refractivity contribution < 1.29 is 9.21 Å². The zero-order chi connectivity index (χ0) is 17.8. The fourth-order valence-electron chi connectivity index (χ4n) is 2.05. The first-order valence-corrected chi connectivity index (χ1v) is 8.72. The minimum absolute atomic E-state index is 0.309. The van der Waals surface area contributed by atoms with E-state index in [2.05, 4.69) is 26.5 Å². The summed E-state index contributed by atoms with van der Waals surface area (Å²) in [5.41, 5.74) is 3.72. The normalized spacial score (nSPS) is 11.0. The molecular weight excluding hydrogens is 427 g/mol. The van der Waals surface area contributed by atoms with Crippen LogP contribution in [0.2, 0.25) is 10.0 Å². The summed E-state index contributed by atoms with van der Waals surface area (Å²) < 4.78 is 6.67. The first-order chi connectivity index (χ1) is 12.0. The molecule has 0 unspecified atom stereocenters. The highest BCUT2D eigenvalue weighted by molar-refractivity contribution is 9.10. The molecule has 1 heterocycles. The van der Waals surface area contributed by atoms with Gasteiger partial charge in [-0.1, -0.05) is 51.3 Å². The van der Waals surface area contributed by atoms with E-state index >= 15 is 0 Å². The lowest BCUT2D eigenvalue weighted by Crippen LogP contribution is -2.17. The van der Waals surface area contributed by atoms with Gasteiger partial charge in [-0.05, 0) is 42.5 Å². The summed E-state index contributed by atoms with van der Waals surface area (Å²) in [6, 6.07) is 16.0. The first kappa shape index (κ1) is 17.7. The van der Waals surface area contributed by atoms with Crippen molar-refractivity contribution in [3.05, 3.63) is 80.4 Å². The Morgan fingerprint density at radius 2 is 1.80 bits per heavy atom. The van der Waals surface area contributed by atoms with Crippen LogP contribution in [0.25, 0.3) is 11.3 Å². The number of halogens is 3. The van der Waals surface area contributed by atoms with Gasteiger partial charge in [-0.15, -0.1) is 0 Å². The summed E-state index contributed by atoms with van der Waals surface area (Å²) in [4.78, 5) is 12.0. The molecule has 0 aliphatic heterocycles. The van der Waals surface area contributed by atoms with E-state index in [0.717, 1.165) is 10.0 Å². The van der Waals surface area contributed by atoms with Gasteiger partial charge < -0.3 is 4.42 Å². The number of nitrogens with zero attached hydrogens (tertiary/aromatic N) is 1. The second-order valence-electron chi connectivity index (χ2n) is 5.04. The fraction of sp³-hybridized carbons (Fsp3) is 0. The maximum Gasteiger partial charge on any atom is 0.271 e. The van der Waals surface area contributed by atoms with Gasteiger partial charge in [0.05, 0.1) is 16.3 Å². The van der Waals surface area contributed by atoms with Gasteiger partial charge in [-0.3, -0.25) is 4.79 Å². The summed E-state index contributed by atoms with van der Waals surface area (Å²) >= 11 is 15.1. The number of furan rings is 1. The summed E-state index contributed by atoms with van der Waals surface area (Å²) in [6.07, 6.45) is 1.43. The molecule has 3 rings (SSSR count). The number of carbonyl (C=O) groups excluding carboxylic acids is 1. The van der Waals surface area contributed by atoms with Gasteiger partial charge in [-0.2, -0.15) is 5.10 Å². The summed E-state index contributed by atoms with van der Waals surface area (Å²) in [7, 11) is 0. The van der Waals surface area contributed by atoms with E-state index < -0.39 is 5.91 Å². The number of nitrogens with one attached hydrogen (secondary N) is 1. The van der Waals surface area contributed by atoms with Crippen LogP contribution in [0.3, 0.4) is 0 Å². The molecule has 0 aliphatic carbocycles. The molecule has 7 heteroatoms. The van der Waals surface area contributed by atoms with Crippen molar-refractivity contribution in [3.63, 3.8) is 0 Å². The van der Waals surface area contributed by atoms with Crippen molar-refractivity contribution in [2.45, 2.75) is 0 Å². The molecule has 1 aromatic heterocycles. The van der Waals surface area contributed by atoms with Crippen molar-refractivity contribution in [2.75, 3.05) is 0 Å². The van der Waals surface area contributed by atoms with E-state index in [1.165, 1.54) is 12.3 Å². The van der Waals surface area contributed by atoms with E-state index in [1.54, 1.807) is 18.2 Å². The maximum absolute atomic E-state index is 12.0. The van der Waals surface area contributed by atoms with Crippen LogP contribution in [0, 0.1) is 0 Å². The number of benzene rings is 2. The third-order valence-corrected chi connectivity index (χ3v) is 4.56. The van der Waals surface area contributed by atoms with E-state index in [-0.39, 0.29) is 0 Å². The lowest BCUT2D eigenvalue weighted by molar-refractivity contribution is 0.0955. The van der Waals surface area contributed by atoms with E-state index in [0.29, 0.717) is 27.1 Å². The molecule has 1 N–H and O–H groups in total. The Kier molecular flexibility index (Phi) is 5.58. The number of hydrogen-bond acceptors (Lipinski definition) is 3. The Balaban J connectivity index is 1.65. The van der Waals surface area contributed by atoms with Crippen molar-refractivity contribution in [1.82, 2.24) is 5.43 Å². The Morgan fingerprint density at radius 1 is 1.04 bits per heavy atom. The minimum Gasteiger partial charge on any atom is -0.455 e. The molecule has 3 aromatic rings. The molecular formula is C18H11BrCl2N2O2. The Labute approximate surface area is 162 Å². The molecule has 2 aromatic carbocycles. The van der Waals surface area contributed by atoms with Gasteiger partial charge in [0.1, 0.15) is 11.5 Å². The molecule has 126 valence electrons. The molecule has 0 atom stereocenters. The Morgan fingerprint density at radius 3 is 2.52 bits per heavy atom. The van der Waals surface area contributed by atoms with Crippen molar-refractivity contribution >= 4 is 51.3 Å². The predicted molar refractivity (Wildman–Crippen MR) is 103 cm³/mol. The van der Waals surface area contributed by atoms with Crippen LogP contribution in [-0.4, -0.2) is 12.1 Å². The lowest BCUT2D eigenvalue weighted by Gasteiger charge is -2.01. The van der Waals surface area contributed by atoms with Gasteiger partial charge in [-0.25, -0.2) is 5.43 Å². The van der Waals surface area contributed by atoms with E-state index in [1.807, 2.05) is 30.3 Å². The third-order valence-electron chi connectivity index (χ3n) is 3.30. The zero-order valence-electron chi connectivity index (χ0n) is 12.7. The molecule has 1 amide bonds. The number of rotatable bonds is 4. The van der Waals surface area contributed by atoms with E-state index in [9.17, 15) is 4.79 Å². The van der Waals surface area contributed by atoms with Gasteiger partial charge >= 0.3 is 0 Å². The van der Waals surface area contributed by atoms with Crippen LogP contribution >= 0.6 is 39.1 Å². The minimum atomic E-state index is -0.394. The highest BCUT2D eigenvalue weighted by Gasteiger charge is 2.07. The highest BCUT2D eigenvalue weighted by Crippen LogP contribution is 2.24. The van der Waals surface area contributed by atoms with Crippen molar-refractivity contribution in [2.24, 2.45) is 5.10 Å². The number of carbonyl (C=O) groups is 1. The average Bonchev–Trinajstić information content (AvgIpc) is 3.06. The molecule has 0 saturated carbocycles. The Hall–Kier alpha value is -2.08. The van der Waals surface area contributed by atoms with Gasteiger partial charge in [0.25, 0.3) is 5.91 Å². The second-order valence-corrected chi connectivity index (χ2v) is 6.77. The van der Waals surface area contributed by atoms with Crippen LogP contribution in [0.5, 0.6) is 0 Å². The molecule has 0 saturated heterocycles. The molecule has 0 bridgehead atoms. The topological polar surface area (TPSA) is 54.6 Å². The van der Waals surface area contributed by atoms with Crippen LogP contribution < -0.4 is 5.43 Å². The summed E-state index contributed by atoms with van der Waals surface area (Å²) in [5, 5.41) is 4.58. The monoisotopic (exact) mass is 436 g/mol. The van der Waals surface area contributed by atoms with Gasteiger partial charge in [0, 0.05) is 15.6 Å². The summed E-state index contributed by atoms with van der Waals surface area (Å²) in [5.74, 6) is 0.839. The molecule has 4 nitrogen and oxygen atoms in total. The molecule has 0 fully saturated rings. The maximum atomic E-state index is 12.0. The fourth-order valence-corrected chi connectivity index (χ4v) is 2.61. The smallest absolute Gasteiger partial charge is 0.271 e. The zero-order valence-corrected chi connectivity index (χ0v) is 15.8. The highest BCUT2D eigenvalue weighted by atomic mass is 79.9. The van der Waals surface area contributed by atoms with Crippen LogP contribution in [0.4, 0.5) is 0 Å². The van der Waals surface area contributed by atoms with Gasteiger partial charge in [0.15, 0.2) is 0 Å². The lowest BCUT2D eigenvalue weighted by atomic mass is 10.2. The largest absolute Gasteiger partial charge is 0.455 e. The molecule has 0 radical (unpaired) electrons. The molecule has 0 aliphatic rings. The standard InChI is InChI=1S/C18H11BrCl2N2O2/c19-13-4-1-11(2-5-13)17-8-6-14(25-17)10-22-23-18(24)12-3-7-15(20)16(21)9-12/h1-10H,(H,23,24).